The third kappa shape index (κ3) is 2.97. The minimum absolute atomic E-state index is 0.0825. The molecular weight excluding hydrogens is 312 g/mol. The van der Waals surface area contributed by atoms with Gasteiger partial charge in [-0.2, -0.15) is 13.2 Å². The van der Waals surface area contributed by atoms with Crippen LogP contribution in [0.3, 0.4) is 0 Å². The van der Waals surface area contributed by atoms with Gasteiger partial charge in [-0.05, 0) is 24.3 Å². The second-order valence-corrected chi connectivity index (χ2v) is 4.79. The van der Waals surface area contributed by atoms with Crippen molar-refractivity contribution in [2.75, 3.05) is 0 Å². The number of ketones is 1. The minimum atomic E-state index is -4.44. The largest absolute Gasteiger partial charge is 0.416 e. The Bertz CT molecular complexity index is 648. The van der Waals surface area contributed by atoms with Crippen molar-refractivity contribution >= 4 is 29.0 Å². The van der Waals surface area contributed by atoms with Crippen LogP contribution in [0.4, 0.5) is 13.2 Å². The maximum atomic E-state index is 12.4. The van der Waals surface area contributed by atoms with Crippen molar-refractivity contribution in [3.63, 3.8) is 0 Å². The van der Waals surface area contributed by atoms with Crippen LogP contribution < -0.4 is 0 Å². The summed E-state index contributed by atoms with van der Waals surface area (Å²) < 4.78 is 37.3. The van der Waals surface area contributed by atoms with Gasteiger partial charge >= 0.3 is 6.18 Å². The van der Waals surface area contributed by atoms with Gasteiger partial charge in [-0.1, -0.05) is 41.4 Å². The van der Waals surface area contributed by atoms with E-state index in [2.05, 4.69) is 0 Å². The lowest BCUT2D eigenvalue weighted by atomic mass is 10.0. The van der Waals surface area contributed by atoms with Crippen LogP contribution in [-0.4, -0.2) is 5.78 Å². The predicted molar refractivity (Wildman–Crippen MR) is 71.3 cm³/mol. The van der Waals surface area contributed by atoms with Crippen LogP contribution in [0.25, 0.3) is 0 Å². The quantitative estimate of drug-likeness (QED) is 0.692. The van der Waals surface area contributed by atoms with Crippen molar-refractivity contribution in [3.8, 4) is 0 Å². The molecule has 20 heavy (non-hydrogen) atoms. The first-order chi connectivity index (χ1) is 9.30. The highest BCUT2D eigenvalue weighted by Gasteiger charge is 2.30. The summed E-state index contributed by atoms with van der Waals surface area (Å²) in [5.74, 6) is -0.480. The Balaban J connectivity index is 2.37. The second kappa shape index (κ2) is 5.46. The fourth-order valence-corrected chi connectivity index (χ4v) is 2.03. The SMILES string of the molecule is O=C(c1ccc(C(F)(F)F)cc1)c1cccc(Cl)c1Cl. The Morgan fingerprint density at radius 3 is 2.10 bits per heavy atom. The molecule has 0 radical (unpaired) electrons. The summed E-state index contributed by atoms with van der Waals surface area (Å²) in [5.41, 5.74) is -0.549. The van der Waals surface area contributed by atoms with Crippen LogP contribution in [0.15, 0.2) is 42.5 Å². The topological polar surface area (TPSA) is 17.1 Å². The number of carbonyl (C=O) groups excluding carboxylic acids is 1. The molecule has 0 saturated carbocycles. The fourth-order valence-electron chi connectivity index (χ4n) is 1.65. The molecule has 0 atom stereocenters. The molecule has 0 fully saturated rings. The Morgan fingerprint density at radius 2 is 1.55 bits per heavy atom. The first-order valence-electron chi connectivity index (χ1n) is 5.46. The molecule has 2 aromatic rings. The molecule has 0 amide bonds. The van der Waals surface area contributed by atoms with E-state index in [4.69, 9.17) is 23.2 Å². The summed E-state index contributed by atoms with van der Waals surface area (Å²) in [7, 11) is 0. The van der Waals surface area contributed by atoms with Gasteiger partial charge in [0.1, 0.15) is 0 Å². The molecule has 0 heterocycles. The molecule has 2 rings (SSSR count). The zero-order chi connectivity index (χ0) is 14.9. The fraction of sp³-hybridized carbons (Fsp3) is 0.0714. The normalized spacial score (nSPS) is 11.4. The average Bonchev–Trinajstić information content (AvgIpc) is 2.40. The van der Waals surface area contributed by atoms with Gasteiger partial charge in [-0.3, -0.25) is 4.79 Å². The zero-order valence-corrected chi connectivity index (χ0v) is 11.4. The summed E-state index contributed by atoms with van der Waals surface area (Å²) in [4.78, 5) is 12.2. The van der Waals surface area contributed by atoms with E-state index in [0.29, 0.717) is 0 Å². The molecule has 0 aromatic heterocycles. The highest BCUT2D eigenvalue weighted by Crippen LogP contribution is 2.30. The van der Waals surface area contributed by atoms with Gasteiger partial charge in [0, 0.05) is 11.1 Å². The first kappa shape index (κ1) is 14.9. The predicted octanol–water partition coefficient (Wildman–Crippen LogP) is 5.24. The molecule has 0 aliphatic heterocycles. The van der Waals surface area contributed by atoms with Gasteiger partial charge in [-0.25, -0.2) is 0 Å². The number of halogens is 5. The summed E-state index contributed by atoms with van der Waals surface area (Å²) in [6.07, 6.45) is -4.44. The Kier molecular flexibility index (Phi) is 4.06. The van der Waals surface area contributed by atoms with Crippen LogP contribution in [0.2, 0.25) is 10.0 Å². The van der Waals surface area contributed by atoms with Crippen LogP contribution in [0, 0.1) is 0 Å². The summed E-state index contributed by atoms with van der Waals surface area (Å²) in [6, 6.07) is 8.47. The Hall–Kier alpha value is -1.52. The van der Waals surface area contributed by atoms with Crippen LogP contribution in [0.1, 0.15) is 21.5 Å². The second-order valence-electron chi connectivity index (χ2n) is 4.01. The molecule has 2 aromatic carbocycles. The summed E-state index contributed by atoms with van der Waals surface area (Å²) >= 11 is 11.7. The third-order valence-electron chi connectivity index (χ3n) is 2.67. The number of rotatable bonds is 2. The molecule has 0 aliphatic carbocycles. The molecule has 0 spiro atoms. The minimum Gasteiger partial charge on any atom is -0.289 e. The van der Waals surface area contributed by atoms with E-state index in [-0.39, 0.29) is 21.2 Å². The van der Waals surface area contributed by atoms with Gasteiger partial charge < -0.3 is 0 Å². The van der Waals surface area contributed by atoms with Gasteiger partial charge in [0.05, 0.1) is 15.6 Å². The van der Waals surface area contributed by atoms with E-state index in [1.165, 1.54) is 12.1 Å². The van der Waals surface area contributed by atoms with Gasteiger partial charge in [0.2, 0.25) is 0 Å². The first-order valence-corrected chi connectivity index (χ1v) is 6.22. The third-order valence-corrected chi connectivity index (χ3v) is 3.49. The van der Waals surface area contributed by atoms with E-state index in [9.17, 15) is 18.0 Å². The maximum Gasteiger partial charge on any atom is 0.416 e. The molecular formula is C14H7Cl2F3O. The lowest BCUT2D eigenvalue weighted by Gasteiger charge is -2.08. The number of carbonyl (C=O) groups is 1. The lowest BCUT2D eigenvalue weighted by molar-refractivity contribution is -0.137. The number of hydrogen-bond acceptors (Lipinski definition) is 1. The maximum absolute atomic E-state index is 12.4. The van der Waals surface area contributed by atoms with Crippen LogP contribution in [0.5, 0.6) is 0 Å². The number of hydrogen-bond donors (Lipinski definition) is 0. The smallest absolute Gasteiger partial charge is 0.289 e. The van der Waals surface area contributed by atoms with E-state index in [1.54, 1.807) is 6.07 Å². The number of alkyl halides is 3. The highest BCUT2D eigenvalue weighted by atomic mass is 35.5. The zero-order valence-electron chi connectivity index (χ0n) is 9.84. The van der Waals surface area contributed by atoms with E-state index in [0.717, 1.165) is 24.3 Å². The molecule has 1 nitrogen and oxygen atoms in total. The van der Waals surface area contributed by atoms with Gasteiger partial charge in [-0.15, -0.1) is 0 Å². The number of benzene rings is 2. The molecule has 0 unspecified atom stereocenters. The molecule has 0 bridgehead atoms. The van der Waals surface area contributed by atoms with Crippen molar-refractivity contribution < 1.29 is 18.0 Å². The van der Waals surface area contributed by atoms with Crippen molar-refractivity contribution in [2.24, 2.45) is 0 Å². The van der Waals surface area contributed by atoms with Crippen molar-refractivity contribution in [1.29, 1.82) is 0 Å². The molecule has 0 saturated heterocycles. The highest BCUT2D eigenvalue weighted by molar-refractivity contribution is 6.44. The molecule has 0 N–H and O–H groups in total. The van der Waals surface area contributed by atoms with Gasteiger partial charge in [0.15, 0.2) is 5.78 Å². The Labute approximate surface area is 122 Å². The molecule has 6 heteroatoms. The van der Waals surface area contributed by atoms with Crippen molar-refractivity contribution in [1.82, 2.24) is 0 Å². The summed E-state index contributed by atoms with van der Waals surface area (Å²) in [6.45, 7) is 0. The Morgan fingerprint density at radius 1 is 0.950 bits per heavy atom. The molecule has 104 valence electrons. The monoisotopic (exact) mass is 318 g/mol. The van der Waals surface area contributed by atoms with Crippen molar-refractivity contribution in [3.05, 3.63) is 69.2 Å². The standard InChI is InChI=1S/C14H7Cl2F3O/c15-11-3-1-2-10(12(11)16)13(20)8-4-6-9(7-5-8)14(17,18)19/h1-7H. The van der Waals surface area contributed by atoms with Crippen LogP contribution >= 0.6 is 23.2 Å². The van der Waals surface area contributed by atoms with E-state index in [1.807, 2.05) is 0 Å². The van der Waals surface area contributed by atoms with Gasteiger partial charge in [0.25, 0.3) is 0 Å². The van der Waals surface area contributed by atoms with E-state index < -0.39 is 17.5 Å². The lowest BCUT2D eigenvalue weighted by Crippen LogP contribution is -2.07. The average molecular weight is 319 g/mol. The van der Waals surface area contributed by atoms with Crippen molar-refractivity contribution in [2.45, 2.75) is 6.18 Å². The van der Waals surface area contributed by atoms with Crippen LogP contribution in [-0.2, 0) is 6.18 Å². The van der Waals surface area contributed by atoms with E-state index >= 15 is 0 Å². The summed E-state index contributed by atoms with van der Waals surface area (Å²) in [5, 5.41) is 0.295. The molecule has 0 aliphatic rings.